The average molecular weight is 630 g/mol. The van der Waals surface area contributed by atoms with Crippen LogP contribution in [-0.4, -0.2) is 47.2 Å². The van der Waals surface area contributed by atoms with Gasteiger partial charge in [-0.2, -0.15) is 0 Å². The number of rotatable bonds is 4. The molecule has 198 valence electrons. The molecule has 1 amide bonds. The van der Waals surface area contributed by atoms with Crippen LogP contribution in [0.1, 0.15) is 17.2 Å². The number of aliphatic hydroxyl groups excluding tert-OH is 1. The lowest BCUT2D eigenvalue weighted by atomic mass is 9.95. The second-order valence-electron chi connectivity index (χ2n) is 8.69. The van der Waals surface area contributed by atoms with E-state index in [4.69, 9.17) is 25.8 Å². The first-order valence-corrected chi connectivity index (χ1v) is 13.6. The van der Waals surface area contributed by atoms with Crippen molar-refractivity contribution in [2.45, 2.75) is 6.04 Å². The molecule has 1 aromatic heterocycles. The number of hydrogen-bond acceptors (Lipinski definition) is 9. The van der Waals surface area contributed by atoms with Crippen LogP contribution in [-0.2, 0) is 9.59 Å². The van der Waals surface area contributed by atoms with E-state index in [2.05, 4.69) is 20.9 Å². The van der Waals surface area contributed by atoms with Crippen molar-refractivity contribution >= 4 is 71.7 Å². The fourth-order valence-corrected chi connectivity index (χ4v) is 6.32. The van der Waals surface area contributed by atoms with Gasteiger partial charge in [0.1, 0.15) is 19.0 Å². The van der Waals surface area contributed by atoms with Crippen molar-refractivity contribution in [3.63, 3.8) is 0 Å². The molecule has 0 saturated carbocycles. The fraction of sp³-hybridized carbons (Fsp3) is 0.148. The van der Waals surface area contributed by atoms with Crippen LogP contribution >= 0.6 is 38.9 Å². The van der Waals surface area contributed by atoms with Crippen molar-refractivity contribution in [2.24, 2.45) is 0 Å². The zero-order chi connectivity index (χ0) is 27.4. The summed E-state index contributed by atoms with van der Waals surface area (Å²) in [6, 6.07) is 11.9. The summed E-state index contributed by atoms with van der Waals surface area (Å²) in [5.74, 6) is -1.28. The van der Waals surface area contributed by atoms with Crippen LogP contribution in [0.2, 0.25) is 5.02 Å². The maximum atomic E-state index is 13.6. The Balaban J connectivity index is 1.58. The molecule has 1 saturated heterocycles. The molecule has 0 bridgehead atoms. The zero-order valence-corrected chi connectivity index (χ0v) is 23.3. The molecule has 4 aromatic rings. The number of phenolic OH excluding ortho intramolecular Hbond substituents is 1. The van der Waals surface area contributed by atoms with Crippen LogP contribution in [0.15, 0.2) is 58.6 Å². The number of carbonyl (C=O) groups is 2. The van der Waals surface area contributed by atoms with Gasteiger partial charge in [-0.1, -0.05) is 22.9 Å². The molecular formula is C27H18BrClN2O7S. The third-order valence-corrected chi connectivity index (χ3v) is 8.25. The van der Waals surface area contributed by atoms with Gasteiger partial charge >= 0.3 is 5.91 Å². The molecule has 3 heterocycles. The third kappa shape index (κ3) is 4.26. The maximum Gasteiger partial charge on any atom is 0.301 e. The monoisotopic (exact) mass is 628 g/mol. The predicted molar refractivity (Wildman–Crippen MR) is 149 cm³/mol. The van der Waals surface area contributed by atoms with Crippen LogP contribution in [0.5, 0.6) is 23.0 Å². The summed E-state index contributed by atoms with van der Waals surface area (Å²) >= 11 is 10.7. The number of aromatic hydroxyl groups is 1. The van der Waals surface area contributed by atoms with Crippen molar-refractivity contribution in [1.82, 2.24) is 4.98 Å². The maximum absolute atomic E-state index is 13.6. The molecule has 1 atom stereocenters. The summed E-state index contributed by atoms with van der Waals surface area (Å²) in [5.41, 5.74) is 1.10. The number of nitrogens with zero attached hydrogens (tertiary/aromatic N) is 2. The molecule has 1 fully saturated rings. The topological polar surface area (TPSA) is 118 Å². The van der Waals surface area contributed by atoms with Gasteiger partial charge < -0.3 is 24.4 Å². The van der Waals surface area contributed by atoms with E-state index in [-0.39, 0.29) is 32.2 Å². The zero-order valence-electron chi connectivity index (χ0n) is 20.1. The highest BCUT2D eigenvalue weighted by Gasteiger charge is 2.48. The lowest BCUT2D eigenvalue weighted by Gasteiger charge is -2.24. The van der Waals surface area contributed by atoms with E-state index < -0.39 is 23.5 Å². The van der Waals surface area contributed by atoms with Gasteiger partial charge in [0.2, 0.25) is 0 Å². The standard InChI is InChI=1S/C27H18BrClN2O7S/c1-36-19-10-13(8-15(28)24(19)33)22-21(23(32)12-2-5-17-18(9-12)38-7-6-37-17)25(34)26(35)31(22)27-30-16-4-3-14(29)11-20(16)39-27/h2-5,8-11,22,32-33H,6-7H2,1H3/b23-21+. The first kappa shape index (κ1) is 25.5. The Morgan fingerprint density at radius 2 is 1.90 bits per heavy atom. The number of aromatic nitrogens is 1. The number of halogens is 2. The number of methoxy groups -OCH3 is 1. The predicted octanol–water partition coefficient (Wildman–Crippen LogP) is 5.82. The molecule has 3 aromatic carbocycles. The Kier molecular flexibility index (Phi) is 6.37. The average Bonchev–Trinajstić information content (AvgIpc) is 3.46. The normalized spacial score (nSPS) is 18.1. The van der Waals surface area contributed by atoms with Crippen molar-refractivity contribution in [1.29, 1.82) is 0 Å². The van der Waals surface area contributed by atoms with Gasteiger partial charge in [-0.25, -0.2) is 4.98 Å². The lowest BCUT2D eigenvalue weighted by Crippen LogP contribution is -2.29. The Bertz CT molecular complexity index is 1720. The first-order valence-electron chi connectivity index (χ1n) is 11.6. The van der Waals surface area contributed by atoms with Gasteiger partial charge in [-0.3, -0.25) is 14.5 Å². The minimum atomic E-state index is -1.10. The minimum absolute atomic E-state index is 0.111. The van der Waals surface area contributed by atoms with Crippen LogP contribution < -0.4 is 19.1 Å². The molecule has 1 unspecified atom stereocenters. The number of ether oxygens (including phenoxy) is 3. The van der Waals surface area contributed by atoms with Crippen molar-refractivity contribution in [3.8, 4) is 23.0 Å². The van der Waals surface area contributed by atoms with Gasteiger partial charge in [-0.15, -0.1) is 0 Å². The summed E-state index contributed by atoms with van der Waals surface area (Å²) in [6.07, 6.45) is 0. The number of fused-ring (bicyclic) bond motifs is 2. The Morgan fingerprint density at radius 3 is 2.67 bits per heavy atom. The summed E-state index contributed by atoms with van der Waals surface area (Å²) in [7, 11) is 1.38. The molecule has 12 heteroatoms. The minimum Gasteiger partial charge on any atom is -0.507 e. The molecule has 2 N–H and O–H groups in total. The smallest absolute Gasteiger partial charge is 0.301 e. The van der Waals surface area contributed by atoms with E-state index >= 15 is 0 Å². The third-order valence-electron chi connectivity index (χ3n) is 6.39. The molecule has 6 rings (SSSR count). The van der Waals surface area contributed by atoms with Crippen LogP contribution in [0, 0.1) is 0 Å². The SMILES string of the molecule is COc1cc(C2/C(=C(\O)c3ccc4c(c3)OCCO4)C(=O)C(=O)N2c2nc3ccc(Cl)cc3s2)cc(Br)c1O. The van der Waals surface area contributed by atoms with Gasteiger partial charge in [-0.05, 0) is 70.0 Å². The van der Waals surface area contributed by atoms with E-state index in [0.29, 0.717) is 40.8 Å². The summed E-state index contributed by atoms with van der Waals surface area (Å²) in [4.78, 5) is 32.9. The number of anilines is 1. The Labute approximate surface area is 238 Å². The number of amides is 1. The number of ketones is 1. The van der Waals surface area contributed by atoms with Gasteiger partial charge in [0.05, 0.1) is 33.4 Å². The molecule has 0 aliphatic carbocycles. The van der Waals surface area contributed by atoms with E-state index in [9.17, 15) is 19.8 Å². The molecule has 9 nitrogen and oxygen atoms in total. The number of thiazole rings is 1. The molecule has 0 radical (unpaired) electrons. The molecule has 0 spiro atoms. The Hall–Kier alpha value is -3.80. The van der Waals surface area contributed by atoms with Crippen molar-refractivity contribution in [2.75, 3.05) is 25.2 Å². The lowest BCUT2D eigenvalue weighted by molar-refractivity contribution is -0.132. The van der Waals surface area contributed by atoms with Gasteiger partial charge in [0, 0.05) is 10.6 Å². The number of carbonyl (C=O) groups excluding carboxylic acids is 2. The first-order chi connectivity index (χ1) is 18.8. The highest BCUT2D eigenvalue weighted by atomic mass is 79.9. The van der Waals surface area contributed by atoms with Crippen molar-refractivity contribution < 1.29 is 34.0 Å². The molecular weight excluding hydrogens is 612 g/mol. The number of benzene rings is 3. The van der Waals surface area contributed by atoms with E-state index in [0.717, 1.165) is 4.70 Å². The highest BCUT2D eigenvalue weighted by molar-refractivity contribution is 9.10. The summed E-state index contributed by atoms with van der Waals surface area (Å²) in [5, 5.41) is 22.6. The second-order valence-corrected chi connectivity index (χ2v) is 11.0. The quantitative estimate of drug-likeness (QED) is 0.165. The molecule has 2 aliphatic heterocycles. The van der Waals surface area contributed by atoms with Crippen LogP contribution in [0.4, 0.5) is 5.13 Å². The highest BCUT2D eigenvalue weighted by Crippen LogP contribution is 2.48. The number of aliphatic hydroxyl groups is 1. The number of Topliss-reactive ketones (excluding diaryl/α,β-unsaturated/α-hetero) is 1. The van der Waals surface area contributed by atoms with Crippen LogP contribution in [0.25, 0.3) is 16.0 Å². The number of hydrogen-bond donors (Lipinski definition) is 2. The van der Waals surface area contributed by atoms with Gasteiger partial charge in [0.15, 0.2) is 28.1 Å². The van der Waals surface area contributed by atoms with E-state index in [1.807, 2.05) is 0 Å². The van der Waals surface area contributed by atoms with E-state index in [1.165, 1.54) is 29.4 Å². The molecule has 2 aliphatic rings. The van der Waals surface area contributed by atoms with Crippen molar-refractivity contribution in [3.05, 3.63) is 74.7 Å². The largest absolute Gasteiger partial charge is 0.507 e. The number of phenols is 1. The van der Waals surface area contributed by atoms with Gasteiger partial charge in [0.25, 0.3) is 5.78 Å². The molecule has 39 heavy (non-hydrogen) atoms. The van der Waals surface area contributed by atoms with Crippen LogP contribution in [0.3, 0.4) is 0 Å². The van der Waals surface area contributed by atoms with E-state index in [1.54, 1.807) is 42.5 Å². The fourth-order valence-electron chi connectivity index (χ4n) is 4.59. The second kappa shape index (κ2) is 9.74. The Morgan fingerprint density at radius 1 is 1.13 bits per heavy atom. The summed E-state index contributed by atoms with van der Waals surface area (Å²) < 4.78 is 17.5. The summed E-state index contributed by atoms with van der Waals surface area (Å²) in [6.45, 7) is 0.735.